The Kier molecular flexibility index (Phi) is 12.7. The Morgan fingerprint density at radius 2 is 1.00 bits per heavy atom. The number of hydrogen-bond donors (Lipinski definition) is 5. The average molecular weight is 257 g/mol. The van der Waals surface area contributed by atoms with E-state index in [0.29, 0.717) is 0 Å². The van der Waals surface area contributed by atoms with Crippen LogP contribution in [0.15, 0.2) is 0 Å². The van der Waals surface area contributed by atoms with Crippen LogP contribution in [-0.4, -0.2) is 49.2 Å². The van der Waals surface area contributed by atoms with Crippen molar-refractivity contribution in [1.82, 2.24) is 5.48 Å². The third-order valence-electron chi connectivity index (χ3n) is 0.204. The van der Waals surface area contributed by atoms with Gasteiger partial charge in [0.25, 0.3) is 0 Å². The standard InChI is InChI=1S/C2H7NO.2H2O4S/c1-3-4-2;2*1-5(2,3)4/h3H,1-2H3;2*(H2,1,2,3,4). The highest BCUT2D eigenvalue weighted by Gasteiger charge is 1.85. The van der Waals surface area contributed by atoms with Crippen molar-refractivity contribution in [3.8, 4) is 0 Å². The van der Waals surface area contributed by atoms with Crippen LogP contribution >= 0.6 is 0 Å². The van der Waals surface area contributed by atoms with Gasteiger partial charge in [0.1, 0.15) is 0 Å². The fraction of sp³-hybridized carbons (Fsp3) is 1.00. The normalized spacial score (nSPS) is 10.4. The minimum Gasteiger partial charge on any atom is -0.305 e. The van der Waals surface area contributed by atoms with Gasteiger partial charge in [-0.1, -0.05) is 0 Å². The molecule has 14 heavy (non-hydrogen) atoms. The molecule has 0 saturated carbocycles. The fourth-order valence-corrected chi connectivity index (χ4v) is 0. The van der Waals surface area contributed by atoms with Gasteiger partial charge in [-0.3, -0.25) is 18.2 Å². The van der Waals surface area contributed by atoms with Gasteiger partial charge in [-0.05, 0) is 0 Å². The molecule has 0 heterocycles. The van der Waals surface area contributed by atoms with E-state index in [1.165, 1.54) is 0 Å². The molecule has 0 fully saturated rings. The second kappa shape index (κ2) is 9.22. The average Bonchev–Trinajstić information content (AvgIpc) is 1.79. The van der Waals surface area contributed by atoms with Crippen molar-refractivity contribution >= 4 is 20.8 Å². The Morgan fingerprint density at radius 1 is 0.929 bits per heavy atom. The molecule has 0 rings (SSSR count). The summed E-state index contributed by atoms with van der Waals surface area (Å²) in [5.41, 5.74) is 2.43. The minimum atomic E-state index is -4.67. The van der Waals surface area contributed by atoms with Crippen molar-refractivity contribution in [2.75, 3.05) is 14.2 Å². The predicted octanol–water partition coefficient (Wildman–Crippen LogP) is -1.54. The first-order chi connectivity index (χ1) is 5.91. The van der Waals surface area contributed by atoms with Crippen LogP contribution in [0.3, 0.4) is 0 Å². The maximum absolute atomic E-state index is 8.74. The van der Waals surface area contributed by atoms with E-state index in [0.717, 1.165) is 0 Å². The van der Waals surface area contributed by atoms with Gasteiger partial charge in [-0.15, -0.1) is 0 Å². The van der Waals surface area contributed by atoms with Gasteiger partial charge in [-0.25, -0.2) is 5.48 Å². The highest BCUT2D eigenvalue weighted by atomic mass is 32.3. The van der Waals surface area contributed by atoms with E-state index >= 15 is 0 Å². The van der Waals surface area contributed by atoms with Crippen molar-refractivity contribution in [1.29, 1.82) is 0 Å². The number of rotatable bonds is 1. The van der Waals surface area contributed by atoms with Crippen LogP contribution in [-0.2, 0) is 25.6 Å². The van der Waals surface area contributed by atoms with Crippen molar-refractivity contribution in [2.45, 2.75) is 0 Å². The maximum Gasteiger partial charge on any atom is 0.394 e. The van der Waals surface area contributed by atoms with E-state index in [9.17, 15) is 0 Å². The third-order valence-corrected chi connectivity index (χ3v) is 0.204. The van der Waals surface area contributed by atoms with E-state index in [-0.39, 0.29) is 0 Å². The second-order valence-electron chi connectivity index (χ2n) is 1.30. The summed E-state index contributed by atoms with van der Waals surface area (Å²) in [6.07, 6.45) is 0. The Labute approximate surface area is 81.0 Å². The van der Waals surface area contributed by atoms with E-state index in [1.54, 1.807) is 14.2 Å². The SMILES string of the molecule is CNOC.O=S(=O)(O)O.O=S(=O)(O)O. The first-order valence-corrected chi connectivity index (χ1v) is 5.30. The van der Waals surface area contributed by atoms with E-state index in [2.05, 4.69) is 10.3 Å². The molecule has 90 valence electrons. The molecule has 0 atom stereocenters. The zero-order valence-corrected chi connectivity index (χ0v) is 8.78. The van der Waals surface area contributed by atoms with Crippen LogP contribution in [0, 0.1) is 0 Å². The van der Waals surface area contributed by atoms with E-state index < -0.39 is 20.8 Å². The molecule has 12 heteroatoms. The van der Waals surface area contributed by atoms with Gasteiger partial charge in [-0.2, -0.15) is 16.8 Å². The van der Waals surface area contributed by atoms with Gasteiger partial charge in [0, 0.05) is 7.05 Å². The summed E-state index contributed by atoms with van der Waals surface area (Å²) in [5, 5.41) is 0. The first kappa shape index (κ1) is 19.3. The summed E-state index contributed by atoms with van der Waals surface area (Å²) >= 11 is 0. The summed E-state index contributed by atoms with van der Waals surface area (Å²) in [6.45, 7) is 0. The molecule has 0 radical (unpaired) electrons. The van der Waals surface area contributed by atoms with Crippen molar-refractivity contribution in [3.63, 3.8) is 0 Å². The molecule has 10 nitrogen and oxygen atoms in total. The van der Waals surface area contributed by atoms with Crippen LogP contribution < -0.4 is 5.48 Å². The Morgan fingerprint density at radius 3 is 1.00 bits per heavy atom. The molecule has 0 aliphatic carbocycles. The summed E-state index contributed by atoms with van der Waals surface area (Å²) in [5.74, 6) is 0. The molecule has 0 bridgehead atoms. The van der Waals surface area contributed by atoms with Crippen LogP contribution in [0.1, 0.15) is 0 Å². The molecular weight excluding hydrogens is 246 g/mol. The molecule has 0 aromatic rings. The maximum atomic E-state index is 8.74. The molecule has 0 aromatic carbocycles. The topological polar surface area (TPSA) is 170 Å². The van der Waals surface area contributed by atoms with Crippen molar-refractivity contribution < 1.29 is 39.9 Å². The van der Waals surface area contributed by atoms with Gasteiger partial charge < -0.3 is 4.84 Å². The Bertz CT molecular complexity index is 241. The monoisotopic (exact) mass is 257 g/mol. The third kappa shape index (κ3) is 3040. The quantitative estimate of drug-likeness (QED) is 0.274. The lowest BCUT2D eigenvalue weighted by atomic mass is 11.5. The van der Waals surface area contributed by atoms with Crippen LogP contribution in [0.2, 0.25) is 0 Å². The van der Waals surface area contributed by atoms with Crippen LogP contribution in [0.4, 0.5) is 0 Å². The summed E-state index contributed by atoms with van der Waals surface area (Å²) in [6, 6.07) is 0. The molecule has 0 aliphatic rings. The number of hydrogen-bond acceptors (Lipinski definition) is 6. The fourth-order valence-electron chi connectivity index (χ4n) is 0. The van der Waals surface area contributed by atoms with Crippen molar-refractivity contribution in [3.05, 3.63) is 0 Å². The zero-order chi connectivity index (χ0) is 12.4. The lowest BCUT2D eigenvalue weighted by molar-refractivity contribution is 0.112. The van der Waals surface area contributed by atoms with Crippen LogP contribution in [0.25, 0.3) is 0 Å². The van der Waals surface area contributed by atoms with Crippen LogP contribution in [0.5, 0.6) is 0 Å². The first-order valence-electron chi connectivity index (χ1n) is 2.51. The lowest BCUT2D eigenvalue weighted by Crippen LogP contribution is -2.00. The highest BCUT2D eigenvalue weighted by molar-refractivity contribution is 7.80. The number of hydroxylamine groups is 1. The second-order valence-corrected chi connectivity index (χ2v) is 3.10. The number of nitrogens with one attached hydrogen (secondary N) is 1. The molecular formula is C2H11NO9S2. The minimum absolute atomic E-state index is 1.57. The molecule has 0 saturated heterocycles. The predicted molar refractivity (Wildman–Crippen MR) is 44.4 cm³/mol. The lowest BCUT2D eigenvalue weighted by Gasteiger charge is -1.80. The summed E-state index contributed by atoms with van der Waals surface area (Å²) in [4.78, 5) is 4.29. The largest absolute Gasteiger partial charge is 0.394 e. The van der Waals surface area contributed by atoms with Gasteiger partial charge in [0.05, 0.1) is 7.11 Å². The van der Waals surface area contributed by atoms with Gasteiger partial charge >= 0.3 is 20.8 Å². The molecule has 0 amide bonds. The highest BCUT2D eigenvalue weighted by Crippen LogP contribution is 1.59. The molecule has 0 aliphatic heterocycles. The molecule has 0 spiro atoms. The van der Waals surface area contributed by atoms with E-state index in [1.807, 2.05) is 0 Å². The molecule has 0 aromatic heterocycles. The zero-order valence-electron chi connectivity index (χ0n) is 7.15. The van der Waals surface area contributed by atoms with Crippen molar-refractivity contribution in [2.24, 2.45) is 0 Å². The molecule has 5 N–H and O–H groups in total. The van der Waals surface area contributed by atoms with Gasteiger partial charge in [0.2, 0.25) is 0 Å². The Balaban J connectivity index is -0.000000131. The van der Waals surface area contributed by atoms with E-state index in [4.69, 9.17) is 35.0 Å². The summed E-state index contributed by atoms with van der Waals surface area (Å²) in [7, 11) is -6.06. The van der Waals surface area contributed by atoms with Gasteiger partial charge in [0.15, 0.2) is 0 Å². The Hall–Kier alpha value is -0.340. The molecule has 0 unspecified atom stereocenters. The smallest absolute Gasteiger partial charge is 0.305 e. The summed E-state index contributed by atoms with van der Waals surface area (Å²) < 4.78 is 63.2.